The van der Waals surface area contributed by atoms with Crippen LogP contribution in [-0.2, 0) is 4.74 Å². The zero-order valence-corrected chi connectivity index (χ0v) is 13.1. The molecule has 0 saturated heterocycles. The maximum Gasteiger partial charge on any atom is 0.136 e. The molecule has 2 aliphatic rings. The van der Waals surface area contributed by atoms with Crippen molar-refractivity contribution >= 4 is 11.6 Å². The summed E-state index contributed by atoms with van der Waals surface area (Å²) in [6, 6.07) is 0. The van der Waals surface area contributed by atoms with E-state index >= 15 is 0 Å². The second-order valence-electron chi connectivity index (χ2n) is 6.13. The molecule has 21 heavy (non-hydrogen) atoms. The molecular weight excluding hydrogens is 264 g/mol. The molecule has 2 fully saturated rings. The molecule has 2 N–H and O–H groups in total. The van der Waals surface area contributed by atoms with Crippen LogP contribution in [0.2, 0.25) is 0 Å². The first-order valence-electron chi connectivity index (χ1n) is 8.19. The van der Waals surface area contributed by atoms with Gasteiger partial charge in [-0.3, -0.25) is 0 Å². The smallest absolute Gasteiger partial charge is 0.136 e. The highest BCUT2D eigenvalue weighted by Gasteiger charge is 2.28. The molecule has 0 aliphatic heterocycles. The van der Waals surface area contributed by atoms with Crippen molar-refractivity contribution in [3.8, 4) is 0 Å². The third kappa shape index (κ3) is 3.64. The largest absolute Gasteiger partial charge is 0.376 e. The number of hydrogen-bond acceptors (Lipinski definition) is 5. The van der Waals surface area contributed by atoms with E-state index in [1.165, 1.54) is 38.5 Å². The Hall–Kier alpha value is -1.36. The number of rotatable bonds is 7. The van der Waals surface area contributed by atoms with Gasteiger partial charge in [-0.2, -0.15) is 0 Å². The van der Waals surface area contributed by atoms with Crippen LogP contribution >= 0.6 is 0 Å². The second-order valence-corrected chi connectivity index (χ2v) is 6.13. The quantitative estimate of drug-likeness (QED) is 0.756. The van der Waals surface area contributed by atoms with E-state index in [0.29, 0.717) is 12.0 Å². The molecule has 0 amide bonds. The van der Waals surface area contributed by atoms with Gasteiger partial charge in [-0.25, -0.2) is 9.97 Å². The molecule has 2 aliphatic carbocycles. The van der Waals surface area contributed by atoms with Gasteiger partial charge < -0.3 is 15.4 Å². The highest BCUT2D eigenvalue weighted by molar-refractivity contribution is 5.57. The summed E-state index contributed by atoms with van der Waals surface area (Å²) in [4.78, 5) is 9.31. The summed E-state index contributed by atoms with van der Waals surface area (Å²) in [6.45, 7) is 3.62. The standard InChI is InChI=1S/C16H26N4O/c1-11-14(17-2)19-16(12-7-8-12)20-15(11)18-9-10-21-13-5-3-4-6-13/h12-13H,3-10H2,1-2H3,(H2,17,18,19,20). The summed E-state index contributed by atoms with van der Waals surface area (Å²) < 4.78 is 5.89. The van der Waals surface area contributed by atoms with Crippen LogP contribution in [0, 0.1) is 6.92 Å². The Labute approximate surface area is 126 Å². The van der Waals surface area contributed by atoms with Crippen molar-refractivity contribution in [2.75, 3.05) is 30.8 Å². The fourth-order valence-electron chi connectivity index (χ4n) is 2.92. The van der Waals surface area contributed by atoms with E-state index in [4.69, 9.17) is 9.72 Å². The second kappa shape index (κ2) is 6.60. The molecule has 116 valence electrons. The molecule has 1 heterocycles. The molecule has 1 aromatic heterocycles. The van der Waals surface area contributed by atoms with Gasteiger partial charge >= 0.3 is 0 Å². The van der Waals surface area contributed by atoms with Crippen LogP contribution in [0.25, 0.3) is 0 Å². The molecule has 0 spiro atoms. The van der Waals surface area contributed by atoms with Crippen LogP contribution in [0.5, 0.6) is 0 Å². The van der Waals surface area contributed by atoms with Gasteiger partial charge in [0, 0.05) is 25.1 Å². The molecule has 5 nitrogen and oxygen atoms in total. The molecule has 5 heteroatoms. The van der Waals surface area contributed by atoms with Crippen molar-refractivity contribution < 1.29 is 4.74 Å². The van der Waals surface area contributed by atoms with E-state index in [2.05, 4.69) is 22.5 Å². The number of hydrogen-bond donors (Lipinski definition) is 2. The lowest BCUT2D eigenvalue weighted by Crippen LogP contribution is -2.17. The Bertz CT molecular complexity index is 481. The van der Waals surface area contributed by atoms with E-state index in [-0.39, 0.29) is 0 Å². The van der Waals surface area contributed by atoms with Crippen LogP contribution in [0.1, 0.15) is 55.8 Å². The van der Waals surface area contributed by atoms with E-state index < -0.39 is 0 Å². The zero-order valence-electron chi connectivity index (χ0n) is 13.1. The van der Waals surface area contributed by atoms with Crippen molar-refractivity contribution in [1.82, 2.24) is 9.97 Å². The normalized spacial score (nSPS) is 19.0. The first-order chi connectivity index (χ1) is 10.3. The molecule has 0 radical (unpaired) electrons. The minimum Gasteiger partial charge on any atom is -0.376 e. The summed E-state index contributed by atoms with van der Waals surface area (Å²) in [5.41, 5.74) is 1.09. The predicted molar refractivity (Wildman–Crippen MR) is 85.0 cm³/mol. The number of anilines is 2. The molecule has 1 aromatic rings. The first-order valence-corrected chi connectivity index (χ1v) is 8.19. The maximum atomic E-state index is 5.89. The van der Waals surface area contributed by atoms with Crippen LogP contribution in [-0.4, -0.2) is 36.3 Å². The summed E-state index contributed by atoms with van der Waals surface area (Å²) in [6.07, 6.45) is 8.00. The Morgan fingerprint density at radius 2 is 1.81 bits per heavy atom. The van der Waals surface area contributed by atoms with Crippen molar-refractivity contribution in [3.05, 3.63) is 11.4 Å². The summed E-state index contributed by atoms with van der Waals surface area (Å²) >= 11 is 0. The minimum atomic E-state index is 0.480. The van der Waals surface area contributed by atoms with Gasteiger partial charge in [0.05, 0.1) is 12.7 Å². The maximum absolute atomic E-state index is 5.89. The van der Waals surface area contributed by atoms with Crippen LogP contribution in [0.4, 0.5) is 11.6 Å². The highest BCUT2D eigenvalue weighted by atomic mass is 16.5. The van der Waals surface area contributed by atoms with Gasteiger partial charge in [-0.1, -0.05) is 12.8 Å². The number of nitrogens with zero attached hydrogens (tertiary/aromatic N) is 2. The topological polar surface area (TPSA) is 59.1 Å². The Morgan fingerprint density at radius 1 is 1.10 bits per heavy atom. The summed E-state index contributed by atoms with van der Waals surface area (Å²) in [5, 5.41) is 6.59. The van der Waals surface area contributed by atoms with Gasteiger partial charge in [-0.15, -0.1) is 0 Å². The number of nitrogens with one attached hydrogen (secondary N) is 2. The van der Waals surface area contributed by atoms with Crippen LogP contribution < -0.4 is 10.6 Å². The van der Waals surface area contributed by atoms with Crippen LogP contribution in [0.3, 0.4) is 0 Å². The van der Waals surface area contributed by atoms with Crippen molar-refractivity contribution in [3.63, 3.8) is 0 Å². The van der Waals surface area contributed by atoms with E-state index in [9.17, 15) is 0 Å². The molecule has 3 rings (SSSR count). The fourth-order valence-corrected chi connectivity index (χ4v) is 2.92. The van der Waals surface area contributed by atoms with Gasteiger partial charge in [0.1, 0.15) is 17.5 Å². The fraction of sp³-hybridized carbons (Fsp3) is 0.750. The number of aromatic nitrogens is 2. The molecule has 0 bridgehead atoms. The Balaban J connectivity index is 1.56. The third-order valence-corrected chi connectivity index (χ3v) is 4.39. The molecule has 0 aromatic carbocycles. The molecule has 0 atom stereocenters. The first kappa shape index (κ1) is 14.6. The Morgan fingerprint density at radius 3 is 2.48 bits per heavy atom. The van der Waals surface area contributed by atoms with Crippen molar-refractivity contribution in [1.29, 1.82) is 0 Å². The SMILES string of the molecule is CNc1nc(C2CC2)nc(NCCOC2CCCC2)c1C. The zero-order chi connectivity index (χ0) is 14.7. The monoisotopic (exact) mass is 290 g/mol. The molecular formula is C16H26N4O. The lowest BCUT2D eigenvalue weighted by molar-refractivity contribution is 0.0658. The van der Waals surface area contributed by atoms with Crippen molar-refractivity contribution in [2.45, 2.75) is 57.5 Å². The summed E-state index contributed by atoms with van der Waals surface area (Å²) in [5.74, 6) is 3.43. The molecule has 0 unspecified atom stereocenters. The number of ether oxygens (including phenoxy) is 1. The van der Waals surface area contributed by atoms with Crippen molar-refractivity contribution in [2.24, 2.45) is 0 Å². The van der Waals surface area contributed by atoms with Gasteiger partial charge in [-0.05, 0) is 32.6 Å². The third-order valence-electron chi connectivity index (χ3n) is 4.39. The van der Waals surface area contributed by atoms with Gasteiger partial charge in [0.25, 0.3) is 0 Å². The lowest BCUT2D eigenvalue weighted by atomic mass is 10.2. The van der Waals surface area contributed by atoms with E-state index in [1.54, 1.807) is 0 Å². The Kier molecular flexibility index (Phi) is 4.58. The van der Waals surface area contributed by atoms with Crippen LogP contribution in [0.15, 0.2) is 0 Å². The highest BCUT2D eigenvalue weighted by Crippen LogP contribution is 2.39. The lowest BCUT2D eigenvalue weighted by Gasteiger charge is -2.15. The predicted octanol–water partition coefficient (Wildman–Crippen LogP) is 3.08. The minimum absolute atomic E-state index is 0.480. The van der Waals surface area contributed by atoms with E-state index in [0.717, 1.165) is 36.2 Å². The van der Waals surface area contributed by atoms with Gasteiger partial charge in [0.2, 0.25) is 0 Å². The molecule has 2 saturated carbocycles. The average Bonchev–Trinajstić information content (AvgIpc) is 3.22. The van der Waals surface area contributed by atoms with E-state index in [1.807, 2.05) is 7.05 Å². The van der Waals surface area contributed by atoms with Gasteiger partial charge in [0.15, 0.2) is 0 Å². The summed E-state index contributed by atoms with van der Waals surface area (Å²) in [7, 11) is 1.92. The average molecular weight is 290 g/mol.